The van der Waals surface area contributed by atoms with Crippen molar-refractivity contribution >= 4 is 27.3 Å². The molecule has 0 aliphatic rings. The van der Waals surface area contributed by atoms with Crippen molar-refractivity contribution in [2.24, 2.45) is 0 Å². The number of benzene rings is 1. The molecule has 2 rings (SSSR count). The van der Waals surface area contributed by atoms with Crippen LogP contribution in [-0.4, -0.2) is 6.54 Å². The van der Waals surface area contributed by atoms with Crippen molar-refractivity contribution < 1.29 is 0 Å². The van der Waals surface area contributed by atoms with E-state index in [1.807, 2.05) is 11.3 Å². The van der Waals surface area contributed by atoms with Gasteiger partial charge < -0.3 is 5.32 Å². The van der Waals surface area contributed by atoms with E-state index in [4.69, 9.17) is 0 Å². The highest BCUT2D eigenvalue weighted by Crippen LogP contribution is 2.33. The number of nitrogens with one attached hydrogen (secondary N) is 1. The van der Waals surface area contributed by atoms with Crippen LogP contribution in [0.3, 0.4) is 0 Å². The number of aryl methyl sites for hydroxylation is 1. The fourth-order valence-corrected chi connectivity index (χ4v) is 4.08. The van der Waals surface area contributed by atoms with Gasteiger partial charge in [0.25, 0.3) is 0 Å². The average Bonchev–Trinajstić information content (AvgIpc) is 2.87. The minimum atomic E-state index is 0.293. The SMILES string of the molecule is CCCNC(c1cccc(CCC)c1)c1sccc1Br. The van der Waals surface area contributed by atoms with Crippen LogP contribution in [0.5, 0.6) is 0 Å². The van der Waals surface area contributed by atoms with Gasteiger partial charge in [-0.2, -0.15) is 0 Å². The molecule has 0 bridgehead atoms. The zero-order valence-electron chi connectivity index (χ0n) is 12.2. The van der Waals surface area contributed by atoms with Crippen molar-refractivity contribution in [2.75, 3.05) is 6.54 Å². The van der Waals surface area contributed by atoms with Crippen LogP contribution < -0.4 is 5.32 Å². The summed E-state index contributed by atoms with van der Waals surface area (Å²) in [6.45, 7) is 5.48. The summed E-state index contributed by atoms with van der Waals surface area (Å²) >= 11 is 5.49. The minimum Gasteiger partial charge on any atom is -0.306 e. The first-order valence-electron chi connectivity index (χ1n) is 7.31. The van der Waals surface area contributed by atoms with Crippen LogP contribution in [-0.2, 0) is 6.42 Å². The van der Waals surface area contributed by atoms with E-state index in [-0.39, 0.29) is 0 Å². The Morgan fingerprint density at radius 3 is 2.70 bits per heavy atom. The molecule has 0 aliphatic carbocycles. The monoisotopic (exact) mass is 351 g/mol. The molecule has 1 aromatic carbocycles. The van der Waals surface area contributed by atoms with E-state index >= 15 is 0 Å². The second kappa shape index (κ2) is 7.96. The predicted octanol–water partition coefficient (Wildman–Crippen LogP) is 5.55. The van der Waals surface area contributed by atoms with Crippen LogP contribution in [0, 0.1) is 0 Å². The van der Waals surface area contributed by atoms with Gasteiger partial charge >= 0.3 is 0 Å². The quantitative estimate of drug-likeness (QED) is 0.689. The molecule has 0 saturated heterocycles. The number of thiophene rings is 1. The van der Waals surface area contributed by atoms with Crippen LogP contribution in [0.15, 0.2) is 40.2 Å². The van der Waals surface area contributed by atoms with Crippen LogP contribution >= 0.6 is 27.3 Å². The summed E-state index contributed by atoms with van der Waals surface area (Å²) < 4.78 is 1.21. The lowest BCUT2D eigenvalue weighted by Crippen LogP contribution is -2.22. The Morgan fingerprint density at radius 2 is 2.05 bits per heavy atom. The highest BCUT2D eigenvalue weighted by atomic mass is 79.9. The normalized spacial score (nSPS) is 12.6. The fourth-order valence-electron chi connectivity index (χ4n) is 2.38. The minimum absolute atomic E-state index is 0.293. The van der Waals surface area contributed by atoms with Crippen molar-refractivity contribution in [3.8, 4) is 0 Å². The highest BCUT2D eigenvalue weighted by Gasteiger charge is 2.17. The van der Waals surface area contributed by atoms with E-state index in [0.29, 0.717) is 6.04 Å². The maximum atomic E-state index is 3.68. The molecule has 1 nitrogen and oxygen atoms in total. The van der Waals surface area contributed by atoms with Crippen molar-refractivity contribution in [1.29, 1.82) is 0 Å². The van der Waals surface area contributed by atoms with Gasteiger partial charge in [0.1, 0.15) is 0 Å². The number of hydrogen-bond acceptors (Lipinski definition) is 2. The summed E-state index contributed by atoms with van der Waals surface area (Å²) in [5.74, 6) is 0. The number of rotatable bonds is 7. The summed E-state index contributed by atoms with van der Waals surface area (Å²) in [4.78, 5) is 1.37. The standard InChI is InChI=1S/C17H22BrNS/c1-3-6-13-7-5-8-14(12-13)16(19-10-4-2)17-15(18)9-11-20-17/h5,7-9,11-12,16,19H,3-4,6,10H2,1-2H3. The maximum absolute atomic E-state index is 3.68. The molecular formula is C17H22BrNS. The molecule has 0 amide bonds. The Morgan fingerprint density at radius 1 is 1.20 bits per heavy atom. The lowest BCUT2D eigenvalue weighted by atomic mass is 10.0. The molecule has 1 heterocycles. The molecule has 0 aliphatic heterocycles. The molecule has 0 saturated carbocycles. The summed E-state index contributed by atoms with van der Waals surface area (Å²) in [5, 5.41) is 5.83. The van der Waals surface area contributed by atoms with Crippen molar-refractivity contribution in [3.63, 3.8) is 0 Å². The Kier molecular flexibility index (Phi) is 6.27. The summed E-state index contributed by atoms with van der Waals surface area (Å²) in [6.07, 6.45) is 3.49. The summed E-state index contributed by atoms with van der Waals surface area (Å²) in [5.41, 5.74) is 2.80. The Balaban J connectivity index is 2.31. The van der Waals surface area contributed by atoms with E-state index in [0.717, 1.165) is 19.4 Å². The van der Waals surface area contributed by atoms with Crippen LogP contribution in [0.2, 0.25) is 0 Å². The molecule has 108 valence electrons. The van der Waals surface area contributed by atoms with Crippen LogP contribution in [0.4, 0.5) is 0 Å². The zero-order valence-corrected chi connectivity index (χ0v) is 14.6. The van der Waals surface area contributed by atoms with Gasteiger partial charge in [-0.05, 0) is 57.9 Å². The molecule has 1 N–H and O–H groups in total. The topological polar surface area (TPSA) is 12.0 Å². The van der Waals surface area contributed by atoms with Gasteiger partial charge in [0, 0.05) is 9.35 Å². The van der Waals surface area contributed by atoms with E-state index in [2.05, 4.69) is 70.8 Å². The van der Waals surface area contributed by atoms with Crippen LogP contribution in [0.25, 0.3) is 0 Å². The first kappa shape index (κ1) is 15.7. The maximum Gasteiger partial charge on any atom is 0.0682 e. The summed E-state index contributed by atoms with van der Waals surface area (Å²) in [7, 11) is 0. The first-order chi connectivity index (χ1) is 9.76. The van der Waals surface area contributed by atoms with E-state index in [1.165, 1.54) is 26.9 Å². The molecule has 0 radical (unpaired) electrons. The van der Waals surface area contributed by atoms with Gasteiger partial charge in [0.15, 0.2) is 0 Å². The zero-order chi connectivity index (χ0) is 14.4. The molecule has 0 spiro atoms. The third kappa shape index (κ3) is 3.94. The molecule has 0 fully saturated rings. The highest BCUT2D eigenvalue weighted by molar-refractivity contribution is 9.10. The van der Waals surface area contributed by atoms with Gasteiger partial charge in [0.2, 0.25) is 0 Å². The van der Waals surface area contributed by atoms with Gasteiger partial charge in [-0.3, -0.25) is 0 Å². The second-order valence-electron chi connectivity index (χ2n) is 5.01. The Bertz CT molecular complexity index is 535. The van der Waals surface area contributed by atoms with Crippen molar-refractivity contribution in [3.05, 3.63) is 56.2 Å². The van der Waals surface area contributed by atoms with Gasteiger partial charge in [-0.15, -0.1) is 11.3 Å². The predicted molar refractivity (Wildman–Crippen MR) is 92.6 cm³/mol. The van der Waals surface area contributed by atoms with Crippen LogP contribution in [0.1, 0.15) is 48.7 Å². The molecule has 20 heavy (non-hydrogen) atoms. The Hall–Kier alpha value is -0.640. The molecule has 1 unspecified atom stereocenters. The molecule has 3 heteroatoms. The smallest absolute Gasteiger partial charge is 0.0682 e. The van der Waals surface area contributed by atoms with E-state index in [9.17, 15) is 0 Å². The van der Waals surface area contributed by atoms with Gasteiger partial charge in [-0.25, -0.2) is 0 Å². The third-order valence-corrected chi connectivity index (χ3v) is 5.26. The Labute approximate surface area is 134 Å². The van der Waals surface area contributed by atoms with Crippen molar-refractivity contribution in [1.82, 2.24) is 5.32 Å². The lowest BCUT2D eigenvalue weighted by Gasteiger charge is -2.19. The third-order valence-electron chi connectivity index (χ3n) is 3.33. The number of halogens is 1. The first-order valence-corrected chi connectivity index (χ1v) is 8.98. The molecule has 2 aromatic rings. The lowest BCUT2D eigenvalue weighted by molar-refractivity contribution is 0.604. The second-order valence-corrected chi connectivity index (χ2v) is 6.82. The fraction of sp³-hybridized carbons (Fsp3) is 0.412. The average molecular weight is 352 g/mol. The molecule has 1 atom stereocenters. The van der Waals surface area contributed by atoms with Crippen molar-refractivity contribution in [2.45, 2.75) is 39.2 Å². The number of hydrogen-bond donors (Lipinski definition) is 1. The molecular weight excluding hydrogens is 330 g/mol. The van der Waals surface area contributed by atoms with E-state index < -0.39 is 0 Å². The summed E-state index contributed by atoms with van der Waals surface area (Å²) in [6, 6.07) is 11.4. The molecule has 1 aromatic heterocycles. The van der Waals surface area contributed by atoms with Gasteiger partial charge in [-0.1, -0.05) is 44.5 Å². The van der Waals surface area contributed by atoms with E-state index in [1.54, 1.807) is 0 Å². The largest absolute Gasteiger partial charge is 0.306 e. The van der Waals surface area contributed by atoms with Gasteiger partial charge in [0.05, 0.1) is 6.04 Å².